The fourth-order valence-electron chi connectivity index (χ4n) is 1.45. The van der Waals surface area contributed by atoms with E-state index in [0.29, 0.717) is 18.8 Å². The number of hydrogen-bond acceptors (Lipinski definition) is 3. The van der Waals surface area contributed by atoms with Crippen molar-refractivity contribution in [1.82, 2.24) is 0 Å². The van der Waals surface area contributed by atoms with Gasteiger partial charge in [0.1, 0.15) is 5.82 Å². The molecular weight excluding hydrogens is 211 g/mol. The van der Waals surface area contributed by atoms with Gasteiger partial charge in [-0.15, -0.1) is 0 Å². The molecule has 0 amide bonds. The number of carbonyl (C=O) groups is 1. The number of benzene rings is 1. The Bertz CT molecular complexity index is 358. The average molecular weight is 226 g/mol. The van der Waals surface area contributed by atoms with E-state index in [0.717, 1.165) is 0 Å². The Balaban J connectivity index is 2.76. The molecule has 5 heteroatoms. The fourth-order valence-corrected chi connectivity index (χ4v) is 1.45. The minimum atomic E-state index is -0.904. The maximum absolute atomic E-state index is 13.5. The first-order valence-electron chi connectivity index (χ1n) is 5.06. The molecule has 0 radical (unpaired) electrons. The Kier molecular flexibility index (Phi) is 4.72. The highest BCUT2D eigenvalue weighted by Crippen LogP contribution is 2.18. The Morgan fingerprint density at radius 1 is 1.38 bits per heavy atom. The molecule has 3 N–H and O–H groups in total. The predicted octanol–water partition coefficient (Wildman–Crippen LogP) is 1.07. The fraction of sp³-hybridized carbons (Fsp3) is 0.364. The first-order chi connectivity index (χ1) is 7.65. The number of anilines is 1. The number of halogens is 1. The summed E-state index contributed by atoms with van der Waals surface area (Å²) in [5, 5.41) is 8.60. The van der Waals surface area contributed by atoms with E-state index < -0.39 is 5.97 Å². The predicted molar refractivity (Wildman–Crippen MR) is 59.9 cm³/mol. The normalized spacial score (nSPS) is 10.1. The molecule has 0 bridgehead atoms. The van der Waals surface area contributed by atoms with Gasteiger partial charge in [0.2, 0.25) is 0 Å². The summed E-state index contributed by atoms with van der Waals surface area (Å²) in [5.74, 6) is -1.26. The van der Waals surface area contributed by atoms with Crippen LogP contribution < -0.4 is 10.6 Å². The Hall–Kier alpha value is -1.62. The van der Waals surface area contributed by atoms with E-state index in [9.17, 15) is 9.18 Å². The Labute approximate surface area is 93.5 Å². The van der Waals surface area contributed by atoms with E-state index in [1.807, 2.05) is 0 Å². The van der Waals surface area contributed by atoms with Gasteiger partial charge in [0, 0.05) is 19.6 Å². The molecule has 1 aromatic carbocycles. The summed E-state index contributed by atoms with van der Waals surface area (Å²) in [4.78, 5) is 12.1. The summed E-state index contributed by atoms with van der Waals surface area (Å²) in [5.41, 5.74) is 5.81. The van der Waals surface area contributed by atoms with Crippen LogP contribution in [0.1, 0.15) is 6.42 Å². The van der Waals surface area contributed by atoms with Crippen LogP contribution in [0.2, 0.25) is 0 Å². The van der Waals surface area contributed by atoms with Crippen molar-refractivity contribution in [3.8, 4) is 0 Å². The monoisotopic (exact) mass is 226 g/mol. The van der Waals surface area contributed by atoms with Crippen LogP contribution in [0.4, 0.5) is 10.1 Å². The third kappa shape index (κ3) is 3.51. The lowest BCUT2D eigenvalue weighted by Crippen LogP contribution is -2.32. The minimum Gasteiger partial charge on any atom is -0.481 e. The number of hydrogen-bond donors (Lipinski definition) is 2. The number of nitrogens with zero attached hydrogens (tertiary/aromatic N) is 1. The first-order valence-corrected chi connectivity index (χ1v) is 5.06. The molecule has 0 spiro atoms. The largest absolute Gasteiger partial charge is 0.481 e. The van der Waals surface area contributed by atoms with Crippen LogP contribution in [0.3, 0.4) is 0 Å². The molecule has 16 heavy (non-hydrogen) atoms. The van der Waals surface area contributed by atoms with Crippen LogP contribution in [0.5, 0.6) is 0 Å². The second-order valence-electron chi connectivity index (χ2n) is 3.37. The molecule has 0 atom stereocenters. The van der Waals surface area contributed by atoms with Gasteiger partial charge in [-0.2, -0.15) is 0 Å². The topological polar surface area (TPSA) is 66.6 Å². The van der Waals surface area contributed by atoms with Gasteiger partial charge in [-0.25, -0.2) is 4.39 Å². The van der Waals surface area contributed by atoms with Gasteiger partial charge in [0.25, 0.3) is 0 Å². The molecule has 0 aliphatic rings. The molecular formula is C11H15FN2O2. The number of aliphatic carboxylic acids is 1. The van der Waals surface area contributed by atoms with E-state index in [-0.39, 0.29) is 18.8 Å². The van der Waals surface area contributed by atoms with Gasteiger partial charge < -0.3 is 15.7 Å². The van der Waals surface area contributed by atoms with Gasteiger partial charge in [-0.1, -0.05) is 12.1 Å². The van der Waals surface area contributed by atoms with E-state index in [4.69, 9.17) is 10.8 Å². The summed E-state index contributed by atoms with van der Waals surface area (Å²) in [7, 11) is 0. The summed E-state index contributed by atoms with van der Waals surface area (Å²) in [6.07, 6.45) is -0.0334. The zero-order chi connectivity index (χ0) is 12.0. The minimum absolute atomic E-state index is 0.0334. The van der Waals surface area contributed by atoms with Crippen molar-refractivity contribution in [3.63, 3.8) is 0 Å². The summed E-state index contributed by atoms with van der Waals surface area (Å²) in [6, 6.07) is 6.27. The maximum Gasteiger partial charge on any atom is 0.305 e. The number of carboxylic acids is 1. The van der Waals surface area contributed by atoms with Crippen LogP contribution in [-0.2, 0) is 4.79 Å². The van der Waals surface area contributed by atoms with Gasteiger partial charge in [0.15, 0.2) is 0 Å². The standard InChI is InChI=1S/C11H15FN2O2/c12-9-3-1-2-4-10(9)14(8-6-13)7-5-11(15)16/h1-4H,5-8,13H2,(H,15,16). The van der Waals surface area contributed by atoms with Crippen LogP contribution in [0, 0.1) is 5.82 Å². The highest BCUT2D eigenvalue weighted by molar-refractivity contribution is 5.67. The third-order valence-electron chi connectivity index (χ3n) is 2.19. The van der Waals surface area contributed by atoms with Crippen molar-refractivity contribution < 1.29 is 14.3 Å². The lowest BCUT2D eigenvalue weighted by molar-refractivity contribution is -0.136. The molecule has 0 unspecified atom stereocenters. The molecule has 0 aliphatic heterocycles. The van der Waals surface area contributed by atoms with Gasteiger partial charge in [-0.3, -0.25) is 4.79 Å². The molecule has 0 heterocycles. The number of rotatable bonds is 6. The lowest BCUT2D eigenvalue weighted by atomic mass is 10.2. The van der Waals surface area contributed by atoms with Crippen molar-refractivity contribution >= 4 is 11.7 Å². The van der Waals surface area contributed by atoms with Crippen molar-refractivity contribution in [1.29, 1.82) is 0 Å². The highest BCUT2D eigenvalue weighted by Gasteiger charge is 2.11. The van der Waals surface area contributed by atoms with Crippen LogP contribution in [0.15, 0.2) is 24.3 Å². The number of para-hydroxylation sites is 1. The van der Waals surface area contributed by atoms with Crippen molar-refractivity contribution in [3.05, 3.63) is 30.1 Å². The lowest BCUT2D eigenvalue weighted by Gasteiger charge is -2.23. The molecule has 0 fully saturated rings. The third-order valence-corrected chi connectivity index (χ3v) is 2.19. The van der Waals surface area contributed by atoms with Crippen molar-refractivity contribution in [2.45, 2.75) is 6.42 Å². The zero-order valence-corrected chi connectivity index (χ0v) is 8.90. The van der Waals surface area contributed by atoms with E-state index in [2.05, 4.69) is 0 Å². The molecule has 1 aromatic rings. The second-order valence-corrected chi connectivity index (χ2v) is 3.37. The van der Waals surface area contributed by atoms with Crippen LogP contribution >= 0.6 is 0 Å². The van der Waals surface area contributed by atoms with Crippen molar-refractivity contribution in [2.75, 3.05) is 24.5 Å². The van der Waals surface area contributed by atoms with E-state index >= 15 is 0 Å². The Morgan fingerprint density at radius 3 is 2.62 bits per heavy atom. The number of nitrogens with two attached hydrogens (primary N) is 1. The molecule has 88 valence electrons. The van der Waals surface area contributed by atoms with Gasteiger partial charge >= 0.3 is 5.97 Å². The summed E-state index contributed by atoms with van der Waals surface area (Å²) in [6.45, 7) is 1.05. The maximum atomic E-state index is 13.5. The van der Waals surface area contributed by atoms with E-state index in [1.54, 1.807) is 23.1 Å². The molecule has 4 nitrogen and oxygen atoms in total. The quantitative estimate of drug-likeness (QED) is 0.761. The SMILES string of the molecule is NCCN(CCC(=O)O)c1ccccc1F. The Morgan fingerprint density at radius 2 is 2.06 bits per heavy atom. The molecule has 1 rings (SSSR count). The van der Waals surface area contributed by atoms with Gasteiger partial charge in [0.05, 0.1) is 12.1 Å². The summed E-state index contributed by atoms with van der Waals surface area (Å²) >= 11 is 0. The molecule has 0 saturated carbocycles. The summed E-state index contributed by atoms with van der Waals surface area (Å²) < 4.78 is 13.5. The zero-order valence-electron chi connectivity index (χ0n) is 8.90. The highest BCUT2D eigenvalue weighted by atomic mass is 19.1. The van der Waals surface area contributed by atoms with Crippen molar-refractivity contribution in [2.24, 2.45) is 5.73 Å². The number of carboxylic acid groups (broad SMARTS) is 1. The average Bonchev–Trinajstić information content (AvgIpc) is 2.25. The van der Waals surface area contributed by atoms with Crippen LogP contribution in [0.25, 0.3) is 0 Å². The van der Waals surface area contributed by atoms with Gasteiger partial charge in [-0.05, 0) is 12.1 Å². The smallest absolute Gasteiger partial charge is 0.305 e. The van der Waals surface area contributed by atoms with Crippen LogP contribution in [-0.4, -0.2) is 30.7 Å². The van der Waals surface area contributed by atoms with E-state index in [1.165, 1.54) is 6.07 Å². The second kappa shape index (κ2) is 6.07. The molecule has 0 aliphatic carbocycles. The molecule has 0 aromatic heterocycles. The first kappa shape index (κ1) is 12.4. The molecule has 0 saturated heterocycles.